The Labute approximate surface area is 122 Å². The van der Waals surface area contributed by atoms with Gasteiger partial charge in [-0.2, -0.15) is 5.10 Å². The Morgan fingerprint density at radius 3 is 2.95 bits per heavy atom. The van der Waals surface area contributed by atoms with Crippen molar-refractivity contribution in [2.45, 2.75) is 26.3 Å². The second kappa shape index (κ2) is 6.21. The molecule has 1 N–H and O–H groups in total. The molecule has 0 radical (unpaired) electrons. The Morgan fingerprint density at radius 1 is 1.47 bits per heavy atom. The van der Waals surface area contributed by atoms with Gasteiger partial charge in [0.25, 0.3) is 0 Å². The van der Waals surface area contributed by atoms with E-state index in [9.17, 15) is 0 Å². The number of nitrogens with zero attached hydrogens (tertiary/aromatic N) is 2. The van der Waals surface area contributed by atoms with Gasteiger partial charge in [0.15, 0.2) is 4.77 Å². The number of nitrogens with one attached hydrogen (secondary N) is 1. The van der Waals surface area contributed by atoms with Gasteiger partial charge < -0.3 is 4.74 Å². The highest BCUT2D eigenvalue weighted by molar-refractivity contribution is 7.71. The highest BCUT2D eigenvalue weighted by atomic mass is 35.5. The Bertz CT molecular complexity index is 621. The first-order chi connectivity index (χ1) is 9.17. The zero-order valence-electron chi connectivity index (χ0n) is 10.9. The summed E-state index contributed by atoms with van der Waals surface area (Å²) in [5, 5.41) is 7.75. The molecule has 0 saturated heterocycles. The molecule has 0 aliphatic carbocycles. The van der Waals surface area contributed by atoms with Crippen molar-refractivity contribution in [2.75, 3.05) is 7.11 Å². The predicted molar refractivity (Wildman–Crippen MR) is 78.5 cm³/mol. The molecule has 0 saturated carbocycles. The van der Waals surface area contributed by atoms with Crippen molar-refractivity contribution in [2.24, 2.45) is 0 Å². The minimum absolute atomic E-state index is 0.563. The van der Waals surface area contributed by atoms with E-state index in [1.54, 1.807) is 7.11 Å². The third-order valence-electron chi connectivity index (χ3n) is 2.92. The molecule has 0 aliphatic heterocycles. The van der Waals surface area contributed by atoms with Crippen LogP contribution in [0.5, 0.6) is 5.75 Å². The number of benzene rings is 1. The maximum atomic E-state index is 6.25. The third kappa shape index (κ3) is 2.98. The summed E-state index contributed by atoms with van der Waals surface area (Å²) in [5.41, 5.74) is 0.918. The molecule has 102 valence electrons. The van der Waals surface area contributed by atoms with Gasteiger partial charge in [-0.25, -0.2) is 0 Å². The molecule has 0 unspecified atom stereocenters. The van der Waals surface area contributed by atoms with E-state index < -0.39 is 0 Å². The fourth-order valence-corrected chi connectivity index (χ4v) is 2.41. The first kappa shape index (κ1) is 14.1. The quantitative estimate of drug-likeness (QED) is 0.858. The summed E-state index contributed by atoms with van der Waals surface area (Å²) in [6.07, 6.45) is 1.89. The van der Waals surface area contributed by atoms with Gasteiger partial charge >= 0.3 is 0 Å². The Morgan fingerprint density at radius 2 is 2.26 bits per heavy atom. The molecule has 0 bridgehead atoms. The first-order valence-electron chi connectivity index (χ1n) is 6.12. The molecular formula is C13H16ClN3OS. The van der Waals surface area contributed by atoms with Crippen LogP contribution in [0.15, 0.2) is 18.2 Å². The SMILES string of the molecule is CCCc1n[nH]c(=S)n1Cc1c(Cl)cccc1OC. The van der Waals surface area contributed by atoms with Crippen LogP contribution in [-0.4, -0.2) is 21.9 Å². The molecule has 1 heterocycles. The van der Waals surface area contributed by atoms with E-state index in [2.05, 4.69) is 17.1 Å². The number of aromatic nitrogens is 3. The van der Waals surface area contributed by atoms with Crippen molar-refractivity contribution < 1.29 is 4.74 Å². The summed E-state index contributed by atoms with van der Waals surface area (Å²) < 4.78 is 7.92. The number of aryl methyl sites for hydroxylation is 1. The normalized spacial score (nSPS) is 10.7. The molecule has 4 nitrogen and oxygen atoms in total. The van der Waals surface area contributed by atoms with Gasteiger partial charge in [0.2, 0.25) is 0 Å². The van der Waals surface area contributed by atoms with Crippen LogP contribution in [0.1, 0.15) is 24.7 Å². The van der Waals surface area contributed by atoms with E-state index in [0.717, 1.165) is 30.0 Å². The molecule has 0 spiro atoms. The van der Waals surface area contributed by atoms with Crippen molar-refractivity contribution in [3.8, 4) is 5.75 Å². The predicted octanol–water partition coefficient (Wildman–Crippen LogP) is 3.60. The number of H-pyrrole nitrogens is 1. The lowest BCUT2D eigenvalue weighted by Crippen LogP contribution is -2.07. The Hall–Kier alpha value is -1.33. The lowest BCUT2D eigenvalue weighted by atomic mass is 10.2. The molecule has 1 aromatic heterocycles. The number of methoxy groups -OCH3 is 1. The van der Waals surface area contributed by atoms with Gasteiger partial charge in [-0.3, -0.25) is 9.67 Å². The lowest BCUT2D eigenvalue weighted by molar-refractivity contribution is 0.408. The first-order valence-corrected chi connectivity index (χ1v) is 6.91. The van der Waals surface area contributed by atoms with Crippen molar-refractivity contribution in [1.29, 1.82) is 0 Å². The van der Waals surface area contributed by atoms with Crippen LogP contribution >= 0.6 is 23.8 Å². The largest absolute Gasteiger partial charge is 0.496 e. The standard InChI is InChI=1S/C13H16ClN3OS/c1-3-5-12-15-16-13(19)17(12)8-9-10(14)6-4-7-11(9)18-2/h4,6-7H,3,5,8H2,1-2H3,(H,16,19). The van der Waals surface area contributed by atoms with Crippen molar-refractivity contribution in [3.63, 3.8) is 0 Å². The second-order valence-corrected chi connectivity index (χ2v) is 5.00. The van der Waals surface area contributed by atoms with E-state index in [1.807, 2.05) is 22.8 Å². The molecular weight excluding hydrogens is 282 g/mol. The Balaban J connectivity index is 2.41. The number of rotatable bonds is 5. The van der Waals surface area contributed by atoms with Gasteiger partial charge in [0.05, 0.1) is 13.7 Å². The van der Waals surface area contributed by atoms with Gasteiger partial charge in [-0.05, 0) is 30.8 Å². The lowest BCUT2D eigenvalue weighted by Gasteiger charge is -2.12. The minimum atomic E-state index is 0.563. The zero-order valence-corrected chi connectivity index (χ0v) is 12.5. The van der Waals surface area contributed by atoms with Gasteiger partial charge in [-0.15, -0.1) is 0 Å². The summed E-state index contributed by atoms with van der Waals surface area (Å²) in [6, 6.07) is 5.61. The molecule has 0 amide bonds. The fraction of sp³-hybridized carbons (Fsp3) is 0.385. The molecule has 1 aromatic carbocycles. The van der Waals surface area contributed by atoms with Crippen LogP contribution in [0.2, 0.25) is 5.02 Å². The van der Waals surface area contributed by atoms with Crippen LogP contribution in [-0.2, 0) is 13.0 Å². The molecule has 0 aliphatic rings. The smallest absolute Gasteiger partial charge is 0.195 e. The second-order valence-electron chi connectivity index (χ2n) is 4.20. The fourth-order valence-electron chi connectivity index (χ4n) is 1.97. The maximum Gasteiger partial charge on any atom is 0.195 e. The monoisotopic (exact) mass is 297 g/mol. The molecule has 0 atom stereocenters. The topological polar surface area (TPSA) is 42.8 Å². The average Bonchev–Trinajstić information content (AvgIpc) is 2.74. The molecule has 2 aromatic rings. The van der Waals surface area contributed by atoms with E-state index in [0.29, 0.717) is 16.3 Å². The number of hydrogen-bond donors (Lipinski definition) is 1. The molecule has 2 rings (SSSR count). The summed E-state index contributed by atoms with van der Waals surface area (Å²) in [6.45, 7) is 2.67. The van der Waals surface area contributed by atoms with Gasteiger partial charge in [0.1, 0.15) is 11.6 Å². The number of aromatic amines is 1. The number of ether oxygens (including phenoxy) is 1. The summed E-state index contributed by atoms with van der Waals surface area (Å²) >= 11 is 11.5. The van der Waals surface area contributed by atoms with Gasteiger partial charge in [0, 0.05) is 17.0 Å². The molecule has 0 fully saturated rings. The van der Waals surface area contributed by atoms with E-state index in [1.165, 1.54) is 0 Å². The minimum Gasteiger partial charge on any atom is -0.496 e. The molecule has 19 heavy (non-hydrogen) atoms. The van der Waals surface area contributed by atoms with E-state index in [4.69, 9.17) is 28.6 Å². The summed E-state index contributed by atoms with van der Waals surface area (Å²) in [4.78, 5) is 0. The van der Waals surface area contributed by atoms with Crippen LogP contribution in [0.4, 0.5) is 0 Å². The van der Waals surface area contributed by atoms with Gasteiger partial charge in [-0.1, -0.05) is 24.6 Å². The highest BCUT2D eigenvalue weighted by Gasteiger charge is 2.12. The average molecular weight is 298 g/mol. The van der Waals surface area contributed by atoms with Crippen LogP contribution in [0.25, 0.3) is 0 Å². The van der Waals surface area contributed by atoms with Crippen LogP contribution < -0.4 is 4.74 Å². The van der Waals surface area contributed by atoms with E-state index >= 15 is 0 Å². The maximum absolute atomic E-state index is 6.25. The van der Waals surface area contributed by atoms with E-state index in [-0.39, 0.29) is 0 Å². The number of hydrogen-bond acceptors (Lipinski definition) is 3. The molecule has 6 heteroatoms. The van der Waals surface area contributed by atoms with Crippen molar-refractivity contribution >= 4 is 23.8 Å². The number of halogens is 1. The van der Waals surface area contributed by atoms with Crippen molar-refractivity contribution in [3.05, 3.63) is 39.4 Å². The summed E-state index contributed by atoms with van der Waals surface area (Å²) in [5.74, 6) is 1.70. The van der Waals surface area contributed by atoms with Crippen LogP contribution in [0.3, 0.4) is 0 Å². The van der Waals surface area contributed by atoms with Crippen LogP contribution in [0, 0.1) is 4.77 Å². The highest BCUT2D eigenvalue weighted by Crippen LogP contribution is 2.27. The third-order valence-corrected chi connectivity index (χ3v) is 3.59. The van der Waals surface area contributed by atoms with Crippen molar-refractivity contribution in [1.82, 2.24) is 14.8 Å². The zero-order chi connectivity index (χ0) is 13.8. The Kier molecular flexibility index (Phi) is 4.61. The summed E-state index contributed by atoms with van der Waals surface area (Å²) in [7, 11) is 1.64.